The standard InChI is InChI=1S/C15H17N3O/c1-12-4-2-3-5-14(12)18-15(19)17-11-8-13-6-9-16-10-7-13/h2-7,9-10H,8,11H2,1H3,(H2,17,18,19). The molecular formula is C15H17N3O. The molecule has 1 aromatic heterocycles. The first-order valence-corrected chi connectivity index (χ1v) is 6.25. The molecule has 2 N–H and O–H groups in total. The molecule has 0 saturated carbocycles. The number of rotatable bonds is 4. The van der Waals surface area contributed by atoms with Crippen molar-refractivity contribution in [3.63, 3.8) is 0 Å². The number of carbonyl (C=O) groups excluding carboxylic acids is 1. The minimum absolute atomic E-state index is 0.177. The summed E-state index contributed by atoms with van der Waals surface area (Å²) in [5.41, 5.74) is 3.04. The third-order valence-corrected chi connectivity index (χ3v) is 2.84. The van der Waals surface area contributed by atoms with E-state index in [0.29, 0.717) is 6.54 Å². The fraction of sp³-hybridized carbons (Fsp3) is 0.200. The topological polar surface area (TPSA) is 54.0 Å². The minimum Gasteiger partial charge on any atom is -0.338 e. The molecule has 19 heavy (non-hydrogen) atoms. The maximum absolute atomic E-state index is 11.7. The van der Waals surface area contributed by atoms with E-state index in [1.165, 1.54) is 0 Å². The molecule has 0 radical (unpaired) electrons. The Morgan fingerprint density at radius 2 is 1.89 bits per heavy atom. The van der Waals surface area contributed by atoms with Gasteiger partial charge >= 0.3 is 6.03 Å². The molecule has 1 aromatic carbocycles. The third-order valence-electron chi connectivity index (χ3n) is 2.84. The van der Waals surface area contributed by atoms with Gasteiger partial charge in [0, 0.05) is 24.6 Å². The zero-order chi connectivity index (χ0) is 13.5. The fourth-order valence-corrected chi connectivity index (χ4v) is 1.75. The Balaban J connectivity index is 1.78. The van der Waals surface area contributed by atoms with Crippen molar-refractivity contribution in [2.45, 2.75) is 13.3 Å². The van der Waals surface area contributed by atoms with E-state index in [2.05, 4.69) is 15.6 Å². The zero-order valence-corrected chi connectivity index (χ0v) is 10.9. The molecule has 0 saturated heterocycles. The first-order valence-electron chi connectivity index (χ1n) is 6.25. The van der Waals surface area contributed by atoms with Gasteiger partial charge in [-0.2, -0.15) is 0 Å². The highest BCUT2D eigenvalue weighted by Gasteiger charge is 2.02. The molecule has 0 atom stereocenters. The molecule has 0 unspecified atom stereocenters. The second-order valence-electron chi connectivity index (χ2n) is 4.30. The summed E-state index contributed by atoms with van der Waals surface area (Å²) in [6, 6.07) is 11.4. The zero-order valence-electron chi connectivity index (χ0n) is 10.9. The van der Waals surface area contributed by atoms with Gasteiger partial charge in [-0.15, -0.1) is 0 Å². The first-order chi connectivity index (χ1) is 9.25. The monoisotopic (exact) mass is 255 g/mol. The number of pyridine rings is 1. The molecule has 98 valence electrons. The lowest BCUT2D eigenvalue weighted by molar-refractivity contribution is 0.252. The van der Waals surface area contributed by atoms with Crippen molar-refractivity contribution >= 4 is 11.7 Å². The van der Waals surface area contributed by atoms with Crippen molar-refractivity contribution in [1.82, 2.24) is 10.3 Å². The lowest BCUT2D eigenvalue weighted by Crippen LogP contribution is -2.30. The van der Waals surface area contributed by atoms with Crippen LogP contribution in [0, 0.1) is 6.92 Å². The maximum atomic E-state index is 11.7. The SMILES string of the molecule is Cc1ccccc1NC(=O)NCCc1ccncc1. The van der Waals surface area contributed by atoms with Gasteiger partial charge in [0.1, 0.15) is 0 Å². The van der Waals surface area contributed by atoms with Crippen LogP contribution in [0.3, 0.4) is 0 Å². The Morgan fingerprint density at radius 3 is 2.63 bits per heavy atom. The van der Waals surface area contributed by atoms with Crippen molar-refractivity contribution in [2.24, 2.45) is 0 Å². The van der Waals surface area contributed by atoms with Gasteiger partial charge in [-0.25, -0.2) is 4.79 Å². The highest BCUT2D eigenvalue weighted by atomic mass is 16.2. The van der Waals surface area contributed by atoms with Crippen LogP contribution in [0.2, 0.25) is 0 Å². The third kappa shape index (κ3) is 4.10. The molecule has 0 fully saturated rings. The van der Waals surface area contributed by atoms with Gasteiger partial charge in [0.05, 0.1) is 0 Å². The van der Waals surface area contributed by atoms with Crippen LogP contribution < -0.4 is 10.6 Å². The van der Waals surface area contributed by atoms with E-state index in [0.717, 1.165) is 23.2 Å². The first kappa shape index (κ1) is 13.1. The average molecular weight is 255 g/mol. The van der Waals surface area contributed by atoms with E-state index in [-0.39, 0.29) is 6.03 Å². The number of anilines is 1. The van der Waals surface area contributed by atoms with Gasteiger partial charge in [-0.05, 0) is 42.7 Å². The summed E-state index contributed by atoms with van der Waals surface area (Å²) >= 11 is 0. The molecule has 0 aliphatic carbocycles. The van der Waals surface area contributed by atoms with Crippen molar-refractivity contribution in [3.05, 3.63) is 59.9 Å². The molecule has 2 amide bonds. The Labute approximate surface area is 112 Å². The Bertz CT molecular complexity index is 540. The van der Waals surface area contributed by atoms with Gasteiger partial charge in [0.2, 0.25) is 0 Å². The quantitative estimate of drug-likeness (QED) is 0.882. The van der Waals surface area contributed by atoms with Crippen LogP contribution in [0.15, 0.2) is 48.8 Å². The Morgan fingerprint density at radius 1 is 1.16 bits per heavy atom. The maximum Gasteiger partial charge on any atom is 0.319 e. The summed E-state index contributed by atoms with van der Waals surface area (Å²) in [5.74, 6) is 0. The molecule has 0 aliphatic heterocycles. The van der Waals surface area contributed by atoms with Crippen molar-refractivity contribution in [2.75, 3.05) is 11.9 Å². The number of nitrogens with zero attached hydrogens (tertiary/aromatic N) is 1. The molecular weight excluding hydrogens is 238 g/mol. The van der Waals surface area contributed by atoms with Crippen LogP contribution in [-0.2, 0) is 6.42 Å². The van der Waals surface area contributed by atoms with E-state index in [9.17, 15) is 4.79 Å². The predicted octanol–water partition coefficient (Wildman–Crippen LogP) is 2.75. The molecule has 1 heterocycles. The smallest absolute Gasteiger partial charge is 0.319 e. The number of carbonyl (C=O) groups is 1. The number of amides is 2. The van der Waals surface area contributed by atoms with Crippen LogP contribution >= 0.6 is 0 Å². The summed E-state index contributed by atoms with van der Waals surface area (Å²) in [6.07, 6.45) is 4.30. The van der Waals surface area contributed by atoms with Gasteiger partial charge in [0.25, 0.3) is 0 Å². The largest absolute Gasteiger partial charge is 0.338 e. The summed E-state index contributed by atoms with van der Waals surface area (Å²) in [6.45, 7) is 2.56. The predicted molar refractivity (Wildman–Crippen MR) is 76.1 cm³/mol. The Kier molecular flexibility index (Phi) is 4.50. The lowest BCUT2D eigenvalue weighted by atomic mass is 10.2. The summed E-state index contributed by atoms with van der Waals surface area (Å²) in [4.78, 5) is 15.7. The molecule has 4 nitrogen and oxygen atoms in total. The van der Waals surface area contributed by atoms with Crippen LogP contribution in [-0.4, -0.2) is 17.6 Å². The summed E-state index contributed by atoms with van der Waals surface area (Å²) in [5, 5.41) is 5.67. The lowest BCUT2D eigenvalue weighted by Gasteiger charge is -2.09. The molecule has 2 aromatic rings. The van der Waals surface area contributed by atoms with Crippen molar-refractivity contribution < 1.29 is 4.79 Å². The molecule has 0 spiro atoms. The van der Waals surface area contributed by atoms with Gasteiger partial charge in [-0.3, -0.25) is 4.98 Å². The number of benzene rings is 1. The number of nitrogens with one attached hydrogen (secondary N) is 2. The second-order valence-corrected chi connectivity index (χ2v) is 4.30. The van der Waals surface area contributed by atoms with E-state index < -0.39 is 0 Å². The second kappa shape index (κ2) is 6.54. The molecule has 0 aliphatic rings. The van der Waals surface area contributed by atoms with Crippen molar-refractivity contribution in [3.8, 4) is 0 Å². The van der Waals surface area contributed by atoms with Gasteiger partial charge < -0.3 is 10.6 Å². The van der Waals surface area contributed by atoms with E-state index in [1.54, 1.807) is 12.4 Å². The highest BCUT2D eigenvalue weighted by molar-refractivity contribution is 5.89. The van der Waals surface area contributed by atoms with E-state index in [1.807, 2.05) is 43.3 Å². The number of hydrogen-bond donors (Lipinski definition) is 2. The molecule has 0 bridgehead atoms. The van der Waals surface area contributed by atoms with E-state index >= 15 is 0 Å². The fourth-order valence-electron chi connectivity index (χ4n) is 1.75. The van der Waals surface area contributed by atoms with Crippen LogP contribution in [0.5, 0.6) is 0 Å². The van der Waals surface area contributed by atoms with Gasteiger partial charge in [0.15, 0.2) is 0 Å². The normalized spacial score (nSPS) is 9.95. The molecule has 4 heteroatoms. The number of aromatic nitrogens is 1. The average Bonchev–Trinajstić information content (AvgIpc) is 2.43. The number of aryl methyl sites for hydroxylation is 1. The van der Waals surface area contributed by atoms with Gasteiger partial charge in [-0.1, -0.05) is 18.2 Å². The Hall–Kier alpha value is -2.36. The number of hydrogen-bond acceptors (Lipinski definition) is 2. The number of para-hydroxylation sites is 1. The van der Waals surface area contributed by atoms with E-state index in [4.69, 9.17) is 0 Å². The van der Waals surface area contributed by atoms with Crippen LogP contribution in [0.4, 0.5) is 10.5 Å². The number of urea groups is 1. The minimum atomic E-state index is -0.177. The molecule has 2 rings (SSSR count). The van der Waals surface area contributed by atoms with Crippen molar-refractivity contribution in [1.29, 1.82) is 0 Å². The highest BCUT2D eigenvalue weighted by Crippen LogP contribution is 2.12. The summed E-state index contributed by atoms with van der Waals surface area (Å²) in [7, 11) is 0. The van der Waals surface area contributed by atoms with Crippen LogP contribution in [0.25, 0.3) is 0 Å². The van der Waals surface area contributed by atoms with Crippen LogP contribution in [0.1, 0.15) is 11.1 Å². The summed E-state index contributed by atoms with van der Waals surface area (Å²) < 4.78 is 0.